The van der Waals surface area contributed by atoms with Gasteiger partial charge in [0, 0.05) is 17.1 Å². The van der Waals surface area contributed by atoms with Crippen LogP contribution in [0.2, 0.25) is 0 Å². The molecule has 1 fully saturated rings. The van der Waals surface area contributed by atoms with Crippen LogP contribution in [-0.4, -0.2) is 44.8 Å². The lowest BCUT2D eigenvalue weighted by atomic mass is 10.0. The molecule has 4 aromatic rings. The van der Waals surface area contributed by atoms with Gasteiger partial charge in [-0.05, 0) is 43.2 Å². The number of benzene rings is 2. The van der Waals surface area contributed by atoms with E-state index in [4.69, 9.17) is 4.98 Å². The van der Waals surface area contributed by atoms with Gasteiger partial charge >= 0.3 is 0 Å². The van der Waals surface area contributed by atoms with Crippen molar-refractivity contribution in [3.63, 3.8) is 0 Å². The molecule has 1 atom stereocenters. The third-order valence-corrected chi connectivity index (χ3v) is 6.93. The number of alkyl halides is 1. The summed E-state index contributed by atoms with van der Waals surface area (Å²) >= 11 is 0. The minimum atomic E-state index is -1.07. The van der Waals surface area contributed by atoms with Gasteiger partial charge in [0.15, 0.2) is 11.6 Å². The van der Waals surface area contributed by atoms with E-state index < -0.39 is 24.4 Å². The number of aromatic nitrogens is 4. The van der Waals surface area contributed by atoms with Crippen molar-refractivity contribution in [3.05, 3.63) is 60.2 Å². The first kappa shape index (κ1) is 22.8. The van der Waals surface area contributed by atoms with E-state index >= 15 is 0 Å². The smallest absolute Gasteiger partial charge is 0.257 e. The van der Waals surface area contributed by atoms with E-state index in [9.17, 15) is 18.8 Å². The van der Waals surface area contributed by atoms with E-state index in [1.807, 2.05) is 0 Å². The van der Waals surface area contributed by atoms with E-state index in [2.05, 4.69) is 26.6 Å². The topological polar surface area (TPSA) is 114 Å². The molecule has 0 saturated heterocycles. The third kappa shape index (κ3) is 3.91. The maximum atomic E-state index is 14.5. The molecule has 1 amide bonds. The molecule has 2 N–H and O–H groups in total. The molecule has 2 aromatic carbocycles. The minimum absolute atomic E-state index is 0.0430. The Morgan fingerprint density at radius 2 is 2.03 bits per heavy atom. The Bertz CT molecular complexity index is 1540. The van der Waals surface area contributed by atoms with Crippen LogP contribution in [0.3, 0.4) is 0 Å². The van der Waals surface area contributed by atoms with Crippen molar-refractivity contribution in [2.75, 3.05) is 21.8 Å². The SMILES string of the molecule is N#Cc1cccc(N2C(=O)[C@@H](CF)N(C3CCCC3)c3nc(Nc4cc(F)c5[nH]ncc5c4)ncc32)c1. The zero-order valence-electron chi connectivity index (χ0n) is 19.7. The maximum absolute atomic E-state index is 14.5. The number of aromatic amines is 1. The number of nitrogens with zero attached hydrogens (tertiary/aromatic N) is 6. The van der Waals surface area contributed by atoms with Crippen LogP contribution in [-0.2, 0) is 4.79 Å². The number of hydrogen-bond acceptors (Lipinski definition) is 7. The Labute approximate surface area is 210 Å². The van der Waals surface area contributed by atoms with Crippen molar-refractivity contribution in [1.29, 1.82) is 5.26 Å². The van der Waals surface area contributed by atoms with Crippen LogP contribution in [0.1, 0.15) is 31.2 Å². The monoisotopic (exact) mass is 500 g/mol. The lowest BCUT2D eigenvalue weighted by molar-refractivity contribution is -0.120. The Morgan fingerprint density at radius 3 is 2.81 bits per heavy atom. The highest BCUT2D eigenvalue weighted by Gasteiger charge is 2.44. The fraction of sp³-hybridized carbons (Fsp3) is 0.269. The van der Waals surface area contributed by atoms with Crippen molar-refractivity contribution in [3.8, 4) is 6.07 Å². The Kier molecular flexibility index (Phi) is 5.64. The van der Waals surface area contributed by atoms with Gasteiger partial charge in [-0.3, -0.25) is 14.8 Å². The Morgan fingerprint density at radius 1 is 1.19 bits per heavy atom. The molecule has 1 aliphatic carbocycles. The second-order valence-electron chi connectivity index (χ2n) is 9.17. The molecule has 0 bridgehead atoms. The summed E-state index contributed by atoms with van der Waals surface area (Å²) in [5.41, 5.74) is 1.93. The number of amides is 1. The van der Waals surface area contributed by atoms with Crippen LogP contribution >= 0.6 is 0 Å². The van der Waals surface area contributed by atoms with E-state index in [-0.39, 0.29) is 12.0 Å². The van der Waals surface area contributed by atoms with Crippen molar-refractivity contribution >= 4 is 45.6 Å². The lowest BCUT2D eigenvalue weighted by Gasteiger charge is -2.43. The van der Waals surface area contributed by atoms with Crippen molar-refractivity contribution in [2.45, 2.75) is 37.8 Å². The number of H-pyrrole nitrogens is 1. The molecule has 3 heterocycles. The van der Waals surface area contributed by atoms with Gasteiger partial charge in [0.1, 0.15) is 23.9 Å². The fourth-order valence-corrected chi connectivity index (χ4v) is 5.26. The molecule has 1 aliphatic heterocycles. The highest BCUT2D eigenvalue weighted by Crippen LogP contribution is 2.43. The molecule has 0 spiro atoms. The number of nitrogens with one attached hydrogen (secondary N) is 2. The summed E-state index contributed by atoms with van der Waals surface area (Å²) in [5, 5.41) is 19.5. The minimum Gasteiger partial charge on any atom is -0.337 e. The summed E-state index contributed by atoms with van der Waals surface area (Å²) in [6.07, 6.45) is 6.63. The summed E-state index contributed by atoms with van der Waals surface area (Å²) < 4.78 is 29.0. The Hall–Kier alpha value is -4.59. The molecule has 6 rings (SSSR count). The number of anilines is 5. The summed E-state index contributed by atoms with van der Waals surface area (Å²) in [5.74, 6) is -0.316. The van der Waals surface area contributed by atoms with Crippen LogP contribution in [0.15, 0.2) is 48.8 Å². The van der Waals surface area contributed by atoms with Gasteiger partial charge < -0.3 is 10.2 Å². The van der Waals surface area contributed by atoms with Crippen LogP contribution < -0.4 is 15.1 Å². The van der Waals surface area contributed by atoms with Crippen LogP contribution in [0, 0.1) is 17.1 Å². The summed E-state index contributed by atoms with van der Waals surface area (Å²) in [4.78, 5) is 25.9. The van der Waals surface area contributed by atoms with Gasteiger partial charge in [0.2, 0.25) is 5.95 Å². The molecule has 0 radical (unpaired) electrons. The lowest BCUT2D eigenvalue weighted by Crippen LogP contribution is -2.56. The number of carbonyl (C=O) groups excluding carboxylic acids is 1. The van der Waals surface area contributed by atoms with Crippen LogP contribution in [0.25, 0.3) is 10.9 Å². The van der Waals surface area contributed by atoms with E-state index in [0.29, 0.717) is 39.3 Å². The number of rotatable bonds is 5. The summed E-state index contributed by atoms with van der Waals surface area (Å²) in [7, 11) is 0. The average Bonchev–Trinajstić information content (AvgIpc) is 3.61. The molecule has 2 aliphatic rings. The summed E-state index contributed by atoms with van der Waals surface area (Å²) in [6, 6.07) is 10.6. The molecular weight excluding hydrogens is 478 g/mol. The standard InChI is InChI=1S/C26H22F2N8O/c27-11-21-25(37)36(19-7-3-4-15(8-19)12-29)22-14-30-26(33-24(22)35(21)18-5-1-2-6-18)32-17-9-16-13-31-34-23(16)20(28)10-17/h3-4,7-10,13-14,18,21H,1-2,5-6,11H2,(H,31,34)(H,30,32,33)/t21-/m1/s1. The van der Waals surface area contributed by atoms with Crippen molar-refractivity contribution in [1.82, 2.24) is 20.2 Å². The summed E-state index contributed by atoms with van der Waals surface area (Å²) in [6.45, 7) is -0.891. The van der Waals surface area contributed by atoms with Crippen LogP contribution in [0.5, 0.6) is 0 Å². The molecule has 11 heteroatoms. The highest BCUT2D eigenvalue weighted by molar-refractivity contribution is 6.10. The third-order valence-electron chi connectivity index (χ3n) is 6.93. The quantitative estimate of drug-likeness (QED) is 0.402. The number of carbonyl (C=O) groups is 1. The van der Waals surface area contributed by atoms with Gasteiger partial charge in [-0.1, -0.05) is 18.9 Å². The number of nitriles is 1. The molecular formula is C26H22F2N8O. The first-order chi connectivity index (χ1) is 18.1. The molecule has 2 aromatic heterocycles. The zero-order valence-corrected chi connectivity index (χ0v) is 19.7. The van der Waals surface area contributed by atoms with Gasteiger partial charge in [-0.2, -0.15) is 15.3 Å². The van der Waals surface area contributed by atoms with Crippen molar-refractivity contribution in [2.24, 2.45) is 0 Å². The Balaban J connectivity index is 1.46. The average molecular weight is 501 g/mol. The van der Waals surface area contributed by atoms with Gasteiger partial charge in [0.25, 0.3) is 5.91 Å². The van der Waals surface area contributed by atoms with E-state index in [1.165, 1.54) is 23.4 Å². The molecule has 9 nitrogen and oxygen atoms in total. The van der Waals surface area contributed by atoms with E-state index in [1.54, 1.807) is 35.2 Å². The first-order valence-corrected chi connectivity index (χ1v) is 12.0. The normalized spacial score (nSPS) is 17.8. The largest absolute Gasteiger partial charge is 0.337 e. The number of halogens is 2. The number of fused-ring (bicyclic) bond motifs is 2. The second-order valence-corrected chi connectivity index (χ2v) is 9.17. The second kappa shape index (κ2) is 9.13. The molecule has 186 valence electrons. The maximum Gasteiger partial charge on any atom is 0.257 e. The fourth-order valence-electron chi connectivity index (χ4n) is 5.26. The molecule has 37 heavy (non-hydrogen) atoms. The highest BCUT2D eigenvalue weighted by atomic mass is 19.1. The predicted octanol–water partition coefficient (Wildman–Crippen LogP) is 4.87. The number of hydrogen-bond donors (Lipinski definition) is 2. The van der Waals surface area contributed by atoms with Gasteiger partial charge in [0.05, 0.1) is 29.7 Å². The zero-order chi connectivity index (χ0) is 25.5. The first-order valence-electron chi connectivity index (χ1n) is 12.0. The van der Waals surface area contributed by atoms with Crippen LogP contribution in [0.4, 0.5) is 37.6 Å². The van der Waals surface area contributed by atoms with E-state index in [0.717, 1.165) is 25.7 Å². The predicted molar refractivity (Wildman–Crippen MR) is 134 cm³/mol. The van der Waals surface area contributed by atoms with Gasteiger partial charge in [-0.15, -0.1) is 0 Å². The molecule has 0 unspecified atom stereocenters. The molecule has 1 saturated carbocycles. The van der Waals surface area contributed by atoms with Gasteiger partial charge in [-0.25, -0.2) is 13.8 Å². The van der Waals surface area contributed by atoms with Crippen molar-refractivity contribution < 1.29 is 13.6 Å².